The number of nitrogens with zero attached hydrogens (tertiary/aromatic N) is 5. The highest BCUT2D eigenvalue weighted by Gasteiger charge is 2.33. The van der Waals surface area contributed by atoms with Crippen LogP contribution in [-0.2, 0) is 17.5 Å². The number of ether oxygens (including phenoxy) is 1. The fourth-order valence-electron chi connectivity index (χ4n) is 5.27. The van der Waals surface area contributed by atoms with Crippen LogP contribution in [0.5, 0.6) is 0 Å². The Morgan fingerprint density at radius 1 is 1.02 bits per heavy atom. The number of nitrogens with one attached hydrogen (secondary N) is 1. The highest BCUT2D eigenvalue weighted by atomic mass is 35.5. The highest BCUT2D eigenvalue weighted by Crippen LogP contribution is 2.34. The number of rotatable bonds is 6. The van der Waals surface area contributed by atoms with Gasteiger partial charge >= 0.3 is 6.18 Å². The van der Waals surface area contributed by atoms with Crippen molar-refractivity contribution in [3.63, 3.8) is 0 Å². The number of aromatic nitrogens is 5. The minimum absolute atomic E-state index is 0.0623. The van der Waals surface area contributed by atoms with Gasteiger partial charge in [-0.2, -0.15) is 18.2 Å². The first kappa shape index (κ1) is 28.8. The van der Waals surface area contributed by atoms with Gasteiger partial charge in [-0.05, 0) is 43.5 Å². The molecule has 0 aliphatic carbocycles. The van der Waals surface area contributed by atoms with E-state index in [9.17, 15) is 18.0 Å². The Hall–Kier alpha value is -4.35. The van der Waals surface area contributed by atoms with E-state index >= 15 is 0 Å². The number of aryl methyl sites for hydroxylation is 1. The zero-order chi connectivity index (χ0) is 30.1. The average molecular weight is 607 g/mol. The molecule has 1 saturated heterocycles. The van der Waals surface area contributed by atoms with Crippen LogP contribution in [0.3, 0.4) is 0 Å². The predicted octanol–water partition coefficient (Wildman–Crippen LogP) is 6.54. The predicted molar refractivity (Wildman–Crippen MR) is 158 cm³/mol. The topological polar surface area (TPSA) is 94.8 Å². The molecule has 0 saturated carbocycles. The Balaban J connectivity index is 1.49. The quantitative estimate of drug-likeness (QED) is 0.235. The molecular weight excluding hydrogens is 581 g/mol. The Labute approximate surface area is 249 Å². The molecule has 2 aromatic carbocycles. The lowest BCUT2D eigenvalue weighted by molar-refractivity contribution is -0.138. The largest absolute Gasteiger partial charge is 0.416 e. The molecule has 6 rings (SSSR count). The zero-order valence-corrected chi connectivity index (χ0v) is 23.8. The molecule has 4 heterocycles. The summed E-state index contributed by atoms with van der Waals surface area (Å²) in [5, 5.41) is 4.02. The molecule has 1 N–H and O–H groups in total. The van der Waals surface area contributed by atoms with Crippen molar-refractivity contribution >= 4 is 28.6 Å². The molecule has 8 nitrogen and oxygen atoms in total. The van der Waals surface area contributed by atoms with Gasteiger partial charge in [0.1, 0.15) is 5.65 Å². The Bertz CT molecular complexity index is 1870. The summed E-state index contributed by atoms with van der Waals surface area (Å²) in [5.74, 6) is 0.283. The molecule has 3 aromatic heterocycles. The number of benzene rings is 2. The third-order valence-corrected chi connectivity index (χ3v) is 7.76. The lowest BCUT2D eigenvalue weighted by Crippen LogP contribution is -2.29. The van der Waals surface area contributed by atoms with Crippen molar-refractivity contribution in [1.29, 1.82) is 0 Å². The van der Waals surface area contributed by atoms with E-state index in [1.807, 2.05) is 6.92 Å². The summed E-state index contributed by atoms with van der Waals surface area (Å²) >= 11 is 6.72. The number of alkyl halides is 3. The van der Waals surface area contributed by atoms with Gasteiger partial charge in [-0.3, -0.25) is 19.3 Å². The molecule has 12 heteroatoms. The fraction of sp³-hybridized carbons (Fsp3) is 0.258. The van der Waals surface area contributed by atoms with Crippen LogP contribution >= 0.6 is 11.6 Å². The first-order valence-electron chi connectivity index (χ1n) is 13.7. The first-order chi connectivity index (χ1) is 20.7. The SMILES string of the molecule is Cc1nccnc1-c1ccc(-c2cc3cnc(NC4CCOCC4)nc3n(Cc3ccccc3C(F)(F)F)c2=O)c(Cl)c1. The smallest absolute Gasteiger partial charge is 0.381 e. The van der Waals surface area contributed by atoms with Crippen molar-refractivity contribution in [1.82, 2.24) is 24.5 Å². The van der Waals surface area contributed by atoms with Gasteiger partial charge < -0.3 is 10.1 Å². The van der Waals surface area contributed by atoms with Crippen LogP contribution in [0.4, 0.5) is 19.1 Å². The Morgan fingerprint density at radius 3 is 2.53 bits per heavy atom. The number of anilines is 1. The van der Waals surface area contributed by atoms with Gasteiger partial charge in [-0.25, -0.2) is 4.98 Å². The molecule has 5 aromatic rings. The van der Waals surface area contributed by atoms with Gasteiger partial charge in [0.05, 0.1) is 23.5 Å². The number of fused-ring (bicyclic) bond motifs is 1. The molecule has 43 heavy (non-hydrogen) atoms. The van der Waals surface area contributed by atoms with Crippen molar-refractivity contribution in [2.24, 2.45) is 0 Å². The van der Waals surface area contributed by atoms with Crippen molar-refractivity contribution in [2.45, 2.75) is 38.5 Å². The molecule has 1 aliphatic rings. The maximum absolute atomic E-state index is 14.1. The van der Waals surface area contributed by atoms with Crippen molar-refractivity contribution in [3.8, 4) is 22.4 Å². The molecule has 0 bridgehead atoms. The highest BCUT2D eigenvalue weighted by molar-refractivity contribution is 6.33. The van der Waals surface area contributed by atoms with E-state index in [1.165, 1.54) is 22.8 Å². The second-order valence-corrected chi connectivity index (χ2v) is 10.7. The fourth-order valence-corrected chi connectivity index (χ4v) is 5.55. The first-order valence-corrected chi connectivity index (χ1v) is 14.0. The van der Waals surface area contributed by atoms with E-state index in [0.29, 0.717) is 41.1 Å². The standard InChI is InChI=1S/C31H26ClF3N6O2/c1-18-27(37-11-10-36-18)19-6-7-23(26(32)15-19)24-14-21-16-38-30(39-22-8-12-43-13-9-22)40-28(21)41(29(24)42)17-20-4-2-3-5-25(20)31(33,34)35/h2-7,10-11,14-16,22H,8-9,12-13,17H2,1H3,(H,38,39,40). The van der Waals surface area contributed by atoms with Gasteiger partial charge in [0.15, 0.2) is 0 Å². The molecule has 220 valence electrons. The second kappa shape index (κ2) is 11.7. The third-order valence-electron chi connectivity index (χ3n) is 7.45. The summed E-state index contributed by atoms with van der Waals surface area (Å²) in [7, 11) is 0. The molecule has 1 aliphatic heterocycles. The number of halogens is 4. The lowest BCUT2D eigenvalue weighted by Gasteiger charge is -2.23. The number of hydrogen-bond donors (Lipinski definition) is 1. The summed E-state index contributed by atoms with van der Waals surface area (Å²) in [4.78, 5) is 31.8. The Kier molecular flexibility index (Phi) is 7.85. The summed E-state index contributed by atoms with van der Waals surface area (Å²) in [6.45, 7) is 2.67. The molecule has 0 atom stereocenters. The minimum atomic E-state index is -4.60. The number of pyridine rings is 1. The van der Waals surface area contributed by atoms with E-state index in [4.69, 9.17) is 16.3 Å². The van der Waals surface area contributed by atoms with Gasteiger partial charge in [0.25, 0.3) is 5.56 Å². The second-order valence-electron chi connectivity index (χ2n) is 10.3. The normalized spacial score (nSPS) is 14.3. The molecule has 0 spiro atoms. The Morgan fingerprint density at radius 2 is 1.79 bits per heavy atom. The van der Waals surface area contributed by atoms with E-state index in [2.05, 4.69) is 25.3 Å². The van der Waals surface area contributed by atoms with Crippen LogP contribution in [0.1, 0.15) is 29.7 Å². The van der Waals surface area contributed by atoms with Crippen LogP contribution in [-0.4, -0.2) is 43.8 Å². The molecule has 0 amide bonds. The third kappa shape index (κ3) is 5.95. The zero-order valence-electron chi connectivity index (χ0n) is 23.0. The monoisotopic (exact) mass is 606 g/mol. The van der Waals surface area contributed by atoms with Gasteiger partial charge in [-0.1, -0.05) is 41.9 Å². The maximum Gasteiger partial charge on any atom is 0.416 e. The average Bonchev–Trinajstić information content (AvgIpc) is 2.99. The summed E-state index contributed by atoms with van der Waals surface area (Å²) in [5.41, 5.74) is 1.48. The van der Waals surface area contributed by atoms with Crippen molar-refractivity contribution < 1.29 is 17.9 Å². The summed E-state index contributed by atoms with van der Waals surface area (Å²) in [6.07, 6.45) is 1.65. The van der Waals surface area contributed by atoms with Crippen LogP contribution in [0.2, 0.25) is 5.02 Å². The van der Waals surface area contributed by atoms with Gasteiger partial charge in [0.2, 0.25) is 5.95 Å². The molecule has 1 fully saturated rings. The van der Waals surface area contributed by atoms with Gasteiger partial charge in [-0.15, -0.1) is 0 Å². The van der Waals surface area contributed by atoms with Crippen LogP contribution in [0.15, 0.2) is 71.9 Å². The lowest BCUT2D eigenvalue weighted by atomic mass is 10.0. The molecular formula is C31H26ClF3N6O2. The summed E-state index contributed by atoms with van der Waals surface area (Å²) < 4.78 is 48.5. The van der Waals surface area contributed by atoms with E-state index < -0.39 is 17.3 Å². The van der Waals surface area contributed by atoms with Crippen LogP contribution in [0, 0.1) is 6.92 Å². The maximum atomic E-state index is 14.1. The number of hydrogen-bond acceptors (Lipinski definition) is 7. The van der Waals surface area contributed by atoms with Crippen molar-refractivity contribution in [2.75, 3.05) is 18.5 Å². The summed E-state index contributed by atoms with van der Waals surface area (Å²) in [6, 6.07) is 12.1. The molecule has 0 radical (unpaired) electrons. The van der Waals surface area contributed by atoms with E-state index in [0.717, 1.165) is 18.9 Å². The van der Waals surface area contributed by atoms with Crippen LogP contribution < -0.4 is 10.9 Å². The van der Waals surface area contributed by atoms with E-state index in [-0.39, 0.29) is 40.3 Å². The van der Waals surface area contributed by atoms with Crippen molar-refractivity contribution in [3.05, 3.63) is 99.3 Å². The molecule has 0 unspecified atom stereocenters. The minimum Gasteiger partial charge on any atom is -0.381 e. The van der Waals surface area contributed by atoms with Gasteiger partial charge in [0, 0.05) is 64.9 Å². The van der Waals surface area contributed by atoms with Crippen LogP contribution in [0.25, 0.3) is 33.4 Å². The van der Waals surface area contributed by atoms with E-state index in [1.54, 1.807) is 42.9 Å².